The molecule has 0 saturated heterocycles. The van der Waals surface area contributed by atoms with Crippen LogP contribution in [0.2, 0.25) is 5.02 Å². The van der Waals surface area contributed by atoms with Crippen LogP contribution in [-0.2, 0) is 9.53 Å². The van der Waals surface area contributed by atoms with E-state index < -0.39 is 12.0 Å². The summed E-state index contributed by atoms with van der Waals surface area (Å²) in [5.74, 6) is 0.442. The number of phenols is 1. The van der Waals surface area contributed by atoms with Crippen molar-refractivity contribution >= 4 is 35.0 Å². The molecule has 0 amide bonds. The summed E-state index contributed by atoms with van der Waals surface area (Å²) in [7, 11) is 1.27. The number of benzene rings is 2. The van der Waals surface area contributed by atoms with E-state index in [4.69, 9.17) is 25.8 Å². The van der Waals surface area contributed by atoms with Gasteiger partial charge in [-0.05, 0) is 55.8 Å². The Morgan fingerprint density at radius 2 is 1.91 bits per heavy atom. The first kappa shape index (κ1) is 24.6. The Labute approximate surface area is 210 Å². The second-order valence-corrected chi connectivity index (χ2v) is 8.90. The van der Waals surface area contributed by atoms with Crippen molar-refractivity contribution in [3.05, 3.63) is 84.0 Å². The number of fused-ring (bicyclic) bond motifs is 1. The Hall–Kier alpha value is -3.56. The van der Waals surface area contributed by atoms with Gasteiger partial charge >= 0.3 is 5.97 Å². The second-order valence-electron chi connectivity index (χ2n) is 7.45. The van der Waals surface area contributed by atoms with Gasteiger partial charge in [-0.25, -0.2) is 9.79 Å². The number of phenolic OH excluding ortho intramolecular Hbond substituents is 1. The Morgan fingerprint density at radius 3 is 2.63 bits per heavy atom. The first-order chi connectivity index (χ1) is 16.9. The molecule has 8 nitrogen and oxygen atoms in total. The maximum absolute atomic E-state index is 13.6. The van der Waals surface area contributed by atoms with Crippen molar-refractivity contribution in [2.45, 2.75) is 19.9 Å². The molecule has 182 valence electrons. The SMILES string of the molecule is CCOc1ccc([C@@H]2C(C(=O)OC)=CN=c3s/c(=C\c4cc(Cl)ccc4O)c(=O)n32)cc1OCC. The number of methoxy groups -OCH3 is 1. The first-order valence-electron chi connectivity index (χ1n) is 10.8. The summed E-state index contributed by atoms with van der Waals surface area (Å²) in [6.07, 6.45) is 2.97. The summed E-state index contributed by atoms with van der Waals surface area (Å²) < 4.78 is 18.1. The molecule has 0 saturated carbocycles. The lowest BCUT2D eigenvalue weighted by Crippen LogP contribution is -2.39. The quantitative estimate of drug-likeness (QED) is 0.486. The minimum atomic E-state index is -0.802. The van der Waals surface area contributed by atoms with Crippen molar-refractivity contribution in [2.75, 3.05) is 20.3 Å². The molecule has 10 heteroatoms. The molecule has 1 atom stereocenters. The summed E-state index contributed by atoms with van der Waals surface area (Å²) in [5.41, 5.74) is 0.844. The van der Waals surface area contributed by atoms with E-state index in [1.807, 2.05) is 13.8 Å². The third kappa shape index (κ3) is 4.82. The average Bonchev–Trinajstić information content (AvgIpc) is 3.17. The Balaban J connectivity index is 1.93. The zero-order chi connectivity index (χ0) is 25.1. The van der Waals surface area contributed by atoms with Crippen LogP contribution in [0.15, 0.2) is 58.0 Å². The standard InChI is InChI=1S/C25H23ClN2O6S/c1-4-33-19-9-6-14(11-20(19)34-5-2)22-17(24(31)32-3)13-27-25-28(22)23(30)21(35-25)12-15-10-16(26)7-8-18(15)29/h6-13,22,29H,4-5H2,1-3H3/b21-12-/t22-/m1/s1. The van der Waals surface area contributed by atoms with E-state index in [0.29, 0.717) is 50.2 Å². The number of rotatable bonds is 7. The van der Waals surface area contributed by atoms with Gasteiger partial charge in [0.05, 0.1) is 36.5 Å². The van der Waals surface area contributed by atoms with Crippen LogP contribution in [0.3, 0.4) is 0 Å². The van der Waals surface area contributed by atoms with Crippen LogP contribution in [0.4, 0.5) is 0 Å². The van der Waals surface area contributed by atoms with Crippen molar-refractivity contribution in [3.8, 4) is 17.2 Å². The van der Waals surface area contributed by atoms with Crippen molar-refractivity contribution in [3.63, 3.8) is 0 Å². The van der Waals surface area contributed by atoms with Crippen LogP contribution in [0.5, 0.6) is 17.2 Å². The fraction of sp³-hybridized carbons (Fsp3) is 0.240. The number of carbonyl (C=O) groups is 1. The van der Waals surface area contributed by atoms with Crippen molar-refractivity contribution in [1.82, 2.24) is 4.57 Å². The van der Waals surface area contributed by atoms with Gasteiger partial charge in [-0.2, -0.15) is 0 Å². The third-order valence-electron chi connectivity index (χ3n) is 5.28. The molecule has 0 bridgehead atoms. The number of hydrogen-bond donors (Lipinski definition) is 1. The maximum atomic E-state index is 13.6. The van der Waals surface area contributed by atoms with Gasteiger partial charge in [0, 0.05) is 16.8 Å². The molecule has 0 spiro atoms. The topological polar surface area (TPSA) is 99.4 Å². The van der Waals surface area contributed by atoms with Gasteiger partial charge in [0.1, 0.15) is 5.75 Å². The van der Waals surface area contributed by atoms with Gasteiger partial charge in [0.25, 0.3) is 5.56 Å². The van der Waals surface area contributed by atoms with Crippen LogP contribution in [0.25, 0.3) is 6.08 Å². The maximum Gasteiger partial charge on any atom is 0.337 e. The normalized spacial score (nSPS) is 15.1. The van der Waals surface area contributed by atoms with E-state index >= 15 is 0 Å². The number of aromatic nitrogens is 1. The summed E-state index contributed by atoms with van der Waals surface area (Å²) in [4.78, 5) is 31.0. The smallest absolute Gasteiger partial charge is 0.337 e. The van der Waals surface area contributed by atoms with E-state index in [1.165, 1.54) is 23.9 Å². The molecule has 0 unspecified atom stereocenters. The molecule has 3 aromatic rings. The number of halogens is 1. The molecule has 1 aliphatic heterocycles. The van der Waals surface area contributed by atoms with E-state index in [0.717, 1.165) is 11.3 Å². The number of esters is 1. The lowest BCUT2D eigenvalue weighted by atomic mass is 9.97. The summed E-state index contributed by atoms with van der Waals surface area (Å²) in [6.45, 7) is 4.60. The summed E-state index contributed by atoms with van der Waals surface area (Å²) in [5, 5.41) is 10.6. The second kappa shape index (κ2) is 10.4. The summed E-state index contributed by atoms with van der Waals surface area (Å²) in [6, 6.07) is 9.05. The van der Waals surface area contributed by atoms with Gasteiger partial charge in [0.2, 0.25) is 0 Å². The van der Waals surface area contributed by atoms with Crippen molar-refractivity contribution < 1.29 is 24.1 Å². The predicted molar refractivity (Wildman–Crippen MR) is 133 cm³/mol. The fourth-order valence-corrected chi connectivity index (χ4v) is 4.91. The van der Waals surface area contributed by atoms with Crippen molar-refractivity contribution in [1.29, 1.82) is 0 Å². The highest BCUT2D eigenvalue weighted by Gasteiger charge is 2.31. The van der Waals surface area contributed by atoms with Gasteiger partial charge < -0.3 is 19.3 Å². The average molecular weight is 515 g/mol. The molecule has 1 aliphatic rings. The largest absolute Gasteiger partial charge is 0.507 e. The molecule has 2 heterocycles. The lowest BCUT2D eigenvalue weighted by Gasteiger charge is -2.23. The monoisotopic (exact) mass is 514 g/mol. The lowest BCUT2D eigenvalue weighted by molar-refractivity contribution is -0.136. The highest BCUT2D eigenvalue weighted by atomic mass is 35.5. The van der Waals surface area contributed by atoms with Crippen LogP contribution in [-0.4, -0.2) is 36.0 Å². The van der Waals surface area contributed by atoms with Crippen LogP contribution in [0.1, 0.15) is 31.0 Å². The number of hydrogen-bond acceptors (Lipinski definition) is 8. The molecule has 2 aromatic carbocycles. The zero-order valence-corrected chi connectivity index (χ0v) is 20.9. The Morgan fingerprint density at radius 1 is 1.17 bits per heavy atom. The third-order valence-corrected chi connectivity index (χ3v) is 6.52. The fourth-order valence-electron chi connectivity index (χ4n) is 3.77. The minimum Gasteiger partial charge on any atom is -0.507 e. The number of thiazole rings is 1. The van der Waals surface area contributed by atoms with E-state index in [2.05, 4.69) is 4.99 Å². The van der Waals surface area contributed by atoms with Gasteiger partial charge in [-0.1, -0.05) is 29.0 Å². The molecular formula is C25H23ClN2O6S. The van der Waals surface area contributed by atoms with Gasteiger partial charge in [-0.15, -0.1) is 0 Å². The van der Waals surface area contributed by atoms with Crippen LogP contribution >= 0.6 is 22.9 Å². The van der Waals surface area contributed by atoms with E-state index in [9.17, 15) is 14.7 Å². The van der Waals surface area contributed by atoms with Crippen molar-refractivity contribution in [2.24, 2.45) is 4.99 Å². The van der Waals surface area contributed by atoms with E-state index in [-0.39, 0.29) is 16.9 Å². The molecule has 1 N–H and O–H groups in total. The molecule has 0 aliphatic carbocycles. The number of nitrogens with zero attached hydrogens (tertiary/aromatic N) is 2. The Bertz CT molecular complexity index is 1490. The van der Waals surface area contributed by atoms with Gasteiger partial charge in [0.15, 0.2) is 16.3 Å². The molecule has 1 aromatic heterocycles. The number of aromatic hydroxyl groups is 1. The predicted octanol–water partition coefficient (Wildman–Crippen LogP) is 3.17. The van der Waals surface area contributed by atoms with Crippen LogP contribution < -0.4 is 24.4 Å². The van der Waals surface area contributed by atoms with Gasteiger partial charge in [-0.3, -0.25) is 9.36 Å². The molecular weight excluding hydrogens is 492 g/mol. The molecule has 4 rings (SSSR count). The first-order valence-corrected chi connectivity index (χ1v) is 12.0. The summed E-state index contributed by atoms with van der Waals surface area (Å²) >= 11 is 7.20. The number of carbonyl (C=O) groups excluding carboxylic acids is 1. The highest BCUT2D eigenvalue weighted by Crippen LogP contribution is 2.35. The van der Waals surface area contributed by atoms with Crippen LogP contribution in [0, 0.1) is 0 Å². The minimum absolute atomic E-state index is 0.0140. The molecule has 0 radical (unpaired) electrons. The number of ether oxygens (including phenoxy) is 3. The van der Waals surface area contributed by atoms with E-state index in [1.54, 1.807) is 36.4 Å². The zero-order valence-electron chi connectivity index (χ0n) is 19.3. The molecule has 0 fully saturated rings. The Kier molecular flexibility index (Phi) is 7.28. The highest BCUT2D eigenvalue weighted by molar-refractivity contribution is 7.07. The molecule has 35 heavy (non-hydrogen) atoms.